The Bertz CT molecular complexity index is 1670. The van der Waals surface area contributed by atoms with Crippen LogP contribution in [0.1, 0.15) is 73.3 Å². The van der Waals surface area contributed by atoms with Crippen LogP contribution < -0.4 is 0 Å². The first kappa shape index (κ1) is 28.5. The Hall–Kier alpha value is -3.07. The average Bonchev–Trinajstić information content (AvgIpc) is 3.46. The van der Waals surface area contributed by atoms with E-state index >= 15 is 0 Å². The number of aryl methyl sites for hydroxylation is 2. The van der Waals surface area contributed by atoms with E-state index in [0.717, 1.165) is 50.8 Å². The predicted octanol–water partition coefficient (Wildman–Crippen LogP) is 7.26. The maximum atomic E-state index is 13.7. The number of aromatic nitrogens is 1. The smallest absolute Gasteiger partial charge is 0.331 e. The Morgan fingerprint density at radius 3 is 2.27 bits per heavy atom. The topological polar surface area (TPSA) is 80.9 Å². The van der Waals surface area contributed by atoms with Crippen molar-refractivity contribution in [3.05, 3.63) is 82.4 Å². The summed E-state index contributed by atoms with van der Waals surface area (Å²) in [7, 11) is 0. The lowest BCUT2D eigenvalue weighted by Gasteiger charge is -2.21. The Morgan fingerprint density at radius 1 is 1.05 bits per heavy atom. The van der Waals surface area contributed by atoms with Crippen molar-refractivity contribution in [2.45, 2.75) is 63.5 Å². The molecule has 0 spiro atoms. The maximum Gasteiger partial charge on any atom is 0.331 e. The molecule has 2 heterocycles. The molecular formula is C32H34N2O4S2. The van der Waals surface area contributed by atoms with Crippen LogP contribution in [0.25, 0.3) is 21.8 Å². The van der Waals surface area contributed by atoms with Gasteiger partial charge in [-0.3, -0.25) is 4.79 Å². The summed E-state index contributed by atoms with van der Waals surface area (Å²) in [6, 6.07) is 17.6. The molecule has 1 aliphatic rings. The summed E-state index contributed by atoms with van der Waals surface area (Å²) in [4.78, 5) is 29.8. The Labute approximate surface area is 243 Å². The van der Waals surface area contributed by atoms with Crippen LogP contribution in [0.5, 0.6) is 0 Å². The number of aliphatic hydroxyl groups is 1. The quantitative estimate of drug-likeness (QED) is 0.108. The summed E-state index contributed by atoms with van der Waals surface area (Å²) in [6.07, 6.45) is -0.569. The van der Waals surface area contributed by atoms with Gasteiger partial charge in [-0.05, 0) is 81.6 Å². The molecule has 0 aliphatic carbocycles. The minimum atomic E-state index is -0.569. The summed E-state index contributed by atoms with van der Waals surface area (Å²) in [5.41, 5.74) is 6.49. The minimum Gasteiger partial charge on any atom is -0.387 e. The van der Waals surface area contributed by atoms with Gasteiger partial charge >= 0.3 is 5.97 Å². The van der Waals surface area contributed by atoms with E-state index in [4.69, 9.17) is 4.84 Å². The number of oxime groups is 1. The normalized spacial score (nSPS) is 17.9. The van der Waals surface area contributed by atoms with Crippen molar-refractivity contribution in [1.82, 2.24) is 4.57 Å². The number of rotatable bonds is 7. The van der Waals surface area contributed by atoms with Crippen LogP contribution >= 0.6 is 23.5 Å². The molecule has 1 aliphatic heterocycles. The van der Waals surface area contributed by atoms with Crippen molar-refractivity contribution in [3.63, 3.8) is 0 Å². The Morgan fingerprint density at radius 2 is 1.70 bits per heavy atom. The van der Waals surface area contributed by atoms with Crippen molar-refractivity contribution in [2.24, 2.45) is 5.16 Å². The summed E-state index contributed by atoms with van der Waals surface area (Å²) in [6.45, 7) is 12.3. The van der Waals surface area contributed by atoms with E-state index in [9.17, 15) is 14.7 Å². The van der Waals surface area contributed by atoms with Crippen LogP contribution in [0, 0.1) is 6.92 Å². The molecule has 1 fully saturated rings. The fourth-order valence-corrected chi connectivity index (χ4v) is 8.45. The highest BCUT2D eigenvalue weighted by atomic mass is 32.2. The van der Waals surface area contributed by atoms with Gasteiger partial charge in [0.2, 0.25) is 0 Å². The third-order valence-electron chi connectivity index (χ3n) is 7.39. The van der Waals surface area contributed by atoms with Crippen LogP contribution in [-0.4, -0.2) is 42.2 Å². The molecular weight excluding hydrogens is 540 g/mol. The molecule has 8 heteroatoms. The molecule has 1 N–H and O–H groups in total. The van der Waals surface area contributed by atoms with Crippen LogP contribution in [-0.2, 0) is 16.2 Å². The zero-order valence-electron chi connectivity index (χ0n) is 23.6. The molecule has 0 bridgehead atoms. The van der Waals surface area contributed by atoms with E-state index in [1.165, 1.54) is 6.92 Å². The van der Waals surface area contributed by atoms with Crippen molar-refractivity contribution in [3.8, 4) is 0 Å². The van der Waals surface area contributed by atoms with E-state index in [2.05, 4.69) is 30.5 Å². The molecule has 3 aromatic carbocycles. The highest BCUT2D eigenvalue weighted by molar-refractivity contribution is 8.21. The second kappa shape index (κ2) is 11.1. The standard InChI is InChI=1S/C32H34N2O4S2/c1-7-34-27-12-9-21(19(3)33-38-20(4)35)15-25(27)26-16-23(10-13-28(26)34)30(36)24-11-8-22(14-18(24)2)31(37)29-17-39-32(5,6)40-29/h8-16,29,31,37H,7,17H2,1-6H3/b33-19+. The number of nitrogens with zero attached hydrogens (tertiary/aromatic N) is 2. The molecule has 2 unspecified atom stereocenters. The van der Waals surface area contributed by atoms with Gasteiger partial charge in [-0.25, -0.2) is 4.79 Å². The monoisotopic (exact) mass is 574 g/mol. The second-order valence-electron chi connectivity index (χ2n) is 10.7. The zero-order chi connectivity index (χ0) is 28.8. The number of ketones is 1. The predicted molar refractivity (Wildman–Crippen MR) is 167 cm³/mol. The van der Waals surface area contributed by atoms with Crippen molar-refractivity contribution in [2.75, 3.05) is 5.75 Å². The first-order valence-corrected chi connectivity index (χ1v) is 15.3. The molecule has 2 atom stereocenters. The lowest BCUT2D eigenvalue weighted by molar-refractivity contribution is -0.140. The third-order valence-corrected chi connectivity index (χ3v) is 10.8. The molecule has 1 saturated heterocycles. The van der Waals surface area contributed by atoms with Gasteiger partial charge in [0, 0.05) is 57.4 Å². The molecule has 208 valence electrons. The minimum absolute atomic E-state index is 0.0477. The number of thioether (sulfide) groups is 2. The lowest BCUT2D eigenvalue weighted by Crippen LogP contribution is -2.16. The Kier molecular flexibility index (Phi) is 7.88. The first-order valence-electron chi connectivity index (χ1n) is 13.4. The molecule has 0 radical (unpaired) electrons. The molecule has 1 aromatic heterocycles. The summed E-state index contributed by atoms with van der Waals surface area (Å²) in [5.74, 6) is 0.388. The number of carbonyl (C=O) groups is 2. The number of carbonyl (C=O) groups excluding carboxylic acids is 2. The van der Waals surface area contributed by atoms with E-state index in [-0.39, 0.29) is 15.1 Å². The maximum absolute atomic E-state index is 13.7. The van der Waals surface area contributed by atoms with Crippen LogP contribution in [0.2, 0.25) is 0 Å². The molecule has 40 heavy (non-hydrogen) atoms. The van der Waals surface area contributed by atoms with Gasteiger partial charge in [-0.15, -0.1) is 23.5 Å². The zero-order valence-corrected chi connectivity index (χ0v) is 25.3. The molecule has 5 rings (SSSR count). The first-order chi connectivity index (χ1) is 19.0. The molecule has 0 saturated carbocycles. The van der Waals surface area contributed by atoms with Crippen molar-refractivity contribution < 1.29 is 19.5 Å². The fourth-order valence-electron chi connectivity index (χ4n) is 5.36. The van der Waals surface area contributed by atoms with E-state index < -0.39 is 12.1 Å². The summed E-state index contributed by atoms with van der Waals surface area (Å²) >= 11 is 3.68. The van der Waals surface area contributed by atoms with Gasteiger partial charge in [0.05, 0.1) is 15.9 Å². The molecule has 0 amide bonds. The van der Waals surface area contributed by atoms with E-state index in [1.807, 2.05) is 85.0 Å². The highest BCUT2D eigenvalue weighted by Gasteiger charge is 2.37. The largest absolute Gasteiger partial charge is 0.387 e. The molecule has 6 nitrogen and oxygen atoms in total. The van der Waals surface area contributed by atoms with Gasteiger partial charge in [-0.1, -0.05) is 29.4 Å². The molecule has 4 aromatic rings. The lowest BCUT2D eigenvalue weighted by atomic mass is 9.94. The second-order valence-corrected chi connectivity index (χ2v) is 14.4. The van der Waals surface area contributed by atoms with E-state index in [0.29, 0.717) is 16.8 Å². The number of benzene rings is 3. The van der Waals surface area contributed by atoms with Crippen LogP contribution in [0.4, 0.5) is 0 Å². The highest BCUT2D eigenvalue weighted by Crippen LogP contribution is 2.50. The number of aliphatic hydroxyl groups excluding tert-OH is 1. The van der Waals surface area contributed by atoms with Gasteiger partial charge in [0.25, 0.3) is 0 Å². The van der Waals surface area contributed by atoms with Gasteiger partial charge in [0.15, 0.2) is 5.78 Å². The van der Waals surface area contributed by atoms with Gasteiger partial charge in [-0.2, -0.15) is 0 Å². The summed E-state index contributed by atoms with van der Waals surface area (Å²) < 4.78 is 2.33. The summed E-state index contributed by atoms with van der Waals surface area (Å²) in [5, 5.41) is 17.1. The number of hydrogen-bond acceptors (Lipinski definition) is 7. The van der Waals surface area contributed by atoms with Crippen molar-refractivity contribution in [1.29, 1.82) is 0 Å². The number of fused-ring (bicyclic) bond motifs is 3. The average molecular weight is 575 g/mol. The van der Waals surface area contributed by atoms with Crippen LogP contribution in [0.15, 0.2) is 59.8 Å². The van der Waals surface area contributed by atoms with Gasteiger partial charge in [0.1, 0.15) is 0 Å². The van der Waals surface area contributed by atoms with Crippen molar-refractivity contribution >= 4 is 62.8 Å². The van der Waals surface area contributed by atoms with Gasteiger partial charge < -0.3 is 14.5 Å². The van der Waals surface area contributed by atoms with Crippen LogP contribution in [0.3, 0.4) is 0 Å². The number of hydrogen-bond donors (Lipinski definition) is 1. The van der Waals surface area contributed by atoms with E-state index in [1.54, 1.807) is 6.92 Å². The third kappa shape index (κ3) is 5.45. The SMILES string of the molecule is CCn1c2ccc(C(=O)c3ccc(C(O)C4CSC(C)(C)S4)cc3C)cc2c2cc(/C(C)=N/OC(C)=O)ccc21. The fraction of sp³-hybridized carbons (Fsp3) is 0.344. The Balaban J connectivity index is 1.50.